The molecule has 6 heteroatoms. The zero-order valence-electron chi connectivity index (χ0n) is 19.7. The first kappa shape index (κ1) is 20.2. The van der Waals surface area contributed by atoms with E-state index < -0.39 is 0 Å². The molecule has 4 atom stereocenters. The summed E-state index contributed by atoms with van der Waals surface area (Å²) in [6.45, 7) is 4.48. The van der Waals surface area contributed by atoms with E-state index in [0.717, 1.165) is 46.6 Å². The molecule has 0 bridgehead atoms. The molecule has 7 rings (SSSR count). The first-order valence-electron chi connectivity index (χ1n) is 12.6. The van der Waals surface area contributed by atoms with Crippen molar-refractivity contribution >= 4 is 32.8 Å². The molecule has 2 aliphatic heterocycles. The zero-order chi connectivity index (χ0) is 22.8. The molecule has 5 aromatic rings. The molecule has 2 aliphatic rings. The highest BCUT2D eigenvalue weighted by Crippen LogP contribution is 2.33. The third-order valence-corrected chi connectivity index (χ3v) is 7.73. The number of nitrogens with zero attached hydrogens (tertiary/aromatic N) is 2. The Balaban J connectivity index is 1.24. The van der Waals surface area contributed by atoms with Crippen LogP contribution in [0.2, 0.25) is 0 Å². The summed E-state index contributed by atoms with van der Waals surface area (Å²) in [5.41, 5.74) is 6.70. The first-order chi connectivity index (χ1) is 16.6. The molecule has 4 heterocycles. The van der Waals surface area contributed by atoms with Crippen LogP contribution in [0, 0.1) is 0 Å². The van der Waals surface area contributed by atoms with E-state index in [1.807, 2.05) is 0 Å². The Labute approximate surface area is 198 Å². The number of hydrogen-bond donors (Lipinski definition) is 4. The van der Waals surface area contributed by atoms with Crippen LogP contribution in [0.1, 0.15) is 63.3 Å². The Bertz CT molecular complexity index is 1530. The minimum atomic E-state index is 0.324. The zero-order valence-corrected chi connectivity index (χ0v) is 19.7. The molecule has 2 saturated heterocycles. The molecule has 0 radical (unpaired) electrons. The molecule has 0 aliphatic carbocycles. The van der Waals surface area contributed by atoms with Crippen LogP contribution in [-0.2, 0) is 0 Å². The number of hydrogen-bond acceptors (Lipinski definition) is 4. The second kappa shape index (κ2) is 7.65. The third-order valence-electron chi connectivity index (χ3n) is 7.73. The Hall–Kier alpha value is -3.22. The van der Waals surface area contributed by atoms with Gasteiger partial charge in [-0.2, -0.15) is 0 Å². The van der Waals surface area contributed by atoms with Crippen molar-refractivity contribution in [1.29, 1.82) is 0 Å². The van der Waals surface area contributed by atoms with Gasteiger partial charge in [0.25, 0.3) is 0 Å². The second-order valence-electron chi connectivity index (χ2n) is 10.3. The van der Waals surface area contributed by atoms with Crippen molar-refractivity contribution in [3.63, 3.8) is 0 Å². The van der Waals surface area contributed by atoms with Crippen LogP contribution in [0.4, 0.5) is 0 Å². The highest BCUT2D eigenvalue weighted by Gasteiger charge is 2.25. The van der Waals surface area contributed by atoms with Gasteiger partial charge in [0.2, 0.25) is 0 Å². The summed E-state index contributed by atoms with van der Waals surface area (Å²) in [5.74, 6) is 2.11. The molecule has 0 spiro atoms. The van der Waals surface area contributed by atoms with Crippen LogP contribution < -0.4 is 10.6 Å². The van der Waals surface area contributed by atoms with E-state index in [2.05, 4.69) is 83.0 Å². The number of rotatable bonds is 3. The summed E-state index contributed by atoms with van der Waals surface area (Å²) in [4.78, 5) is 17.0. The monoisotopic (exact) mass is 450 g/mol. The summed E-state index contributed by atoms with van der Waals surface area (Å²) in [6, 6.07) is 19.4. The lowest BCUT2D eigenvalue weighted by Gasteiger charge is -2.07. The van der Waals surface area contributed by atoms with Crippen LogP contribution >= 0.6 is 0 Å². The van der Waals surface area contributed by atoms with E-state index in [4.69, 9.17) is 9.97 Å². The Morgan fingerprint density at radius 1 is 0.676 bits per heavy atom. The number of imidazole rings is 2. The van der Waals surface area contributed by atoms with E-state index >= 15 is 0 Å². The van der Waals surface area contributed by atoms with E-state index in [-0.39, 0.29) is 0 Å². The summed E-state index contributed by atoms with van der Waals surface area (Å²) < 4.78 is 0. The average molecular weight is 451 g/mol. The maximum Gasteiger partial charge on any atom is 0.124 e. The Morgan fingerprint density at radius 2 is 1.35 bits per heavy atom. The molecule has 0 unspecified atom stereocenters. The van der Waals surface area contributed by atoms with Gasteiger partial charge in [0.15, 0.2) is 0 Å². The molecular formula is C28H30N6. The third kappa shape index (κ3) is 3.32. The molecule has 0 saturated carbocycles. The SMILES string of the molecule is C[C@H]1CC[C@@H](c2nc3ccc(-c4ccc5c(ccc6[nH]c([C@@H]7CC[C@H](C)N7)nc65)c4)cc3[nH]2)N1. The molecule has 2 aromatic heterocycles. The highest BCUT2D eigenvalue weighted by atomic mass is 15.1. The fourth-order valence-corrected chi connectivity index (χ4v) is 5.82. The van der Waals surface area contributed by atoms with Gasteiger partial charge in [-0.1, -0.05) is 24.3 Å². The summed E-state index contributed by atoms with van der Waals surface area (Å²) >= 11 is 0. The van der Waals surface area contributed by atoms with Gasteiger partial charge in [0.1, 0.15) is 11.6 Å². The van der Waals surface area contributed by atoms with Crippen molar-refractivity contribution in [1.82, 2.24) is 30.6 Å². The lowest BCUT2D eigenvalue weighted by Crippen LogP contribution is -2.21. The Morgan fingerprint density at radius 3 is 2.09 bits per heavy atom. The predicted molar refractivity (Wildman–Crippen MR) is 138 cm³/mol. The van der Waals surface area contributed by atoms with Crippen molar-refractivity contribution in [3.05, 3.63) is 60.2 Å². The van der Waals surface area contributed by atoms with Gasteiger partial charge in [0.05, 0.1) is 34.2 Å². The van der Waals surface area contributed by atoms with Crippen LogP contribution in [0.3, 0.4) is 0 Å². The number of nitrogens with one attached hydrogen (secondary N) is 4. The Kier molecular flexibility index (Phi) is 4.54. The van der Waals surface area contributed by atoms with E-state index in [1.165, 1.54) is 34.7 Å². The smallest absolute Gasteiger partial charge is 0.124 e. The van der Waals surface area contributed by atoms with E-state index in [9.17, 15) is 0 Å². The quantitative estimate of drug-likeness (QED) is 0.276. The molecule has 34 heavy (non-hydrogen) atoms. The fraction of sp³-hybridized carbons (Fsp3) is 0.357. The maximum atomic E-state index is 5.01. The largest absolute Gasteiger partial charge is 0.341 e. The first-order valence-corrected chi connectivity index (χ1v) is 12.6. The van der Waals surface area contributed by atoms with Gasteiger partial charge < -0.3 is 20.6 Å². The lowest BCUT2D eigenvalue weighted by atomic mass is 10.0. The predicted octanol–water partition coefficient (Wildman–Crippen LogP) is 5.89. The van der Waals surface area contributed by atoms with Gasteiger partial charge >= 0.3 is 0 Å². The molecule has 2 fully saturated rings. The minimum Gasteiger partial charge on any atom is -0.341 e. The minimum absolute atomic E-state index is 0.324. The molecule has 0 amide bonds. The van der Waals surface area contributed by atoms with Gasteiger partial charge in [0, 0.05) is 17.5 Å². The van der Waals surface area contributed by atoms with Crippen molar-refractivity contribution in [2.75, 3.05) is 0 Å². The number of H-pyrrole nitrogens is 2. The van der Waals surface area contributed by atoms with Crippen molar-refractivity contribution < 1.29 is 0 Å². The van der Waals surface area contributed by atoms with Crippen molar-refractivity contribution in [2.45, 2.75) is 63.7 Å². The van der Waals surface area contributed by atoms with Crippen LogP contribution in [0.5, 0.6) is 0 Å². The second-order valence-corrected chi connectivity index (χ2v) is 10.3. The van der Waals surface area contributed by atoms with Crippen LogP contribution in [0.25, 0.3) is 44.0 Å². The fourth-order valence-electron chi connectivity index (χ4n) is 5.82. The van der Waals surface area contributed by atoms with E-state index in [1.54, 1.807) is 0 Å². The number of benzene rings is 3. The topological polar surface area (TPSA) is 81.4 Å². The van der Waals surface area contributed by atoms with Gasteiger partial charge in [-0.25, -0.2) is 9.97 Å². The van der Waals surface area contributed by atoms with Crippen LogP contribution in [0.15, 0.2) is 48.5 Å². The molecular weight excluding hydrogens is 420 g/mol. The van der Waals surface area contributed by atoms with Crippen molar-refractivity contribution in [2.24, 2.45) is 0 Å². The summed E-state index contributed by atoms with van der Waals surface area (Å²) in [6.07, 6.45) is 4.67. The molecule has 3 aromatic carbocycles. The number of fused-ring (bicyclic) bond motifs is 4. The molecule has 4 N–H and O–H groups in total. The lowest BCUT2D eigenvalue weighted by molar-refractivity contribution is 0.565. The standard InChI is InChI=1S/C28H30N6/c1-15-3-9-23(29-15)27-31-21-11-6-18(14-25(21)33-27)17-5-8-20-19(13-17)7-12-22-26(20)34-28(32-22)24-10-4-16(2)30-24/h5-8,11-16,23-24,29-30H,3-4,9-10H2,1-2H3,(H,31,33)(H,32,34)/t15-,16-,23-,24-/m0/s1. The number of aromatic amines is 2. The van der Waals surface area contributed by atoms with Gasteiger partial charge in [-0.15, -0.1) is 0 Å². The molecule has 172 valence electrons. The summed E-state index contributed by atoms with van der Waals surface area (Å²) in [7, 11) is 0. The summed E-state index contributed by atoms with van der Waals surface area (Å²) in [5, 5.41) is 9.68. The molecule has 6 nitrogen and oxygen atoms in total. The van der Waals surface area contributed by atoms with Crippen LogP contribution in [-0.4, -0.2) is 32.0 Å². The maximum absolute atomic E-state index is 5.01. The normalized spacial score (nSPS) is 25.2. The van der Waals surface area contributed by atoms with Crippen molar-refractivity contribution in [3.8, 4) is 11.1 Å². The number of aromatic nitrogens is 4. The average Bonchev–Trinajstić information content (AvgIpc) is 3.63. The highest BCUT2D eigenvalue weighted by molar-refractivity contribution is 6.05. The van der Waals surface area contributed by atoms with E-state index in [0.29, 0.717) is 24.2 Å². The van der Waals surface area contributed by atoms with Gasteiger partial charge in [-0.3, -0.25) is 0 Å². The van der Waals surface area contributed by atoms with Gasteiger partial charge in [-0.05, 0) is 80.3 Å².